The molecule has 1 rings (SSSR count). The van der Waals surface area contributed by atoms with Crippen LogP contribution in [0.3, 0.4) is 0 Å². The van der Waals surface area contributed by atoms with Crippen molar-refractivity contribution in [3.05, 3.63) is 35.4 Å². The van der Waals surface area contributed by atoms with E-state index in [1.54, 1.807) is 13.1 Å². The number of hydrogen-bond donors (Lipinski definition) is 4. The molecule has 0 aromatic heterocycles. The smallest absolute Gasteiger partial charge is 0.407 e. The maximum absolute atomic E-state index is 11.7. The van der Waals surface area contributed by atoms with Crippen molar-refractivity contribution in [2.24, 2.45) is 4.99 Å². The van der Waals surface area contributed by atoms with Gasteiger partial charge in [-0.2, -0.15) is 0 Å². The van der Waals surface area contributed by atoms with Crippen molar-refractivity contribution in [1.29, 1.82) is 0 Å². The zero-order chi connectivity index (χ0) is 21.0. The average Bonchev–Trinajstić information content (AvgIpc) is 2.63. The van der Waals surface area contributed by atoms with Crippen LogP contribution in [0.4, 0.5) is 4.79 Å². The fourth-order valence-corrected chi connectivity index (χ4v) is 2.31. The molecule has 0 atom stereocenters. The van der Waals surface area contributed by atoms with Crippen molar-refractivity contribution in [3.8, 4) is 0 Å². The van der Waals surface area contributed by atoms with Crippen LogP contribution in [0, 0.1) is 0 Å². The molecule has 0 heterocycles. The van der Waals surface area contributed by atoms with Gasteiger partial charge < -0.3 is 26.0 Å². The molecule has 4 N–H and O–H groups in total. The summed E-state index contributed by atoms with van der Waals surface area (Å²) < 4.78 is 5.19. The van der Waals surface area contributed by atoms with Gasteiger partial charge in [-0.05, 0) is 51.8 Å². The van der Waals surface area contributed by atoms with E-state index in [2.05, 4.69) is 26.3 Å². The number of rotatable bonds is 8. The minimum atomic E-state index is -0.511. The fraction of sp³-hybridized carbons (Fsp3) is 0.550. The zero-order valence-corrected chi connectivity index (χ0v) is 20.3. The van der Waals surface area contributed by atoms with Gasteiger partial charge in [0.1, 0.15) is 5.60 Å². The summed E-state index contributed by atoms with van der Waals surface area (Å²) >= 11 is 0. The van der Waals surface area contributed by atoms with E-state index in [9.17, 15) is 9.59 Å². The molecule has 0 aliphatic heterocycles. The molecule has 29 heavy (non-hydrogen) atoms. The number of nitrogens with one attached hydrogen (secondary N) is 4. The second-order valence-corrected chi connectivity index (χ2v) is 7.15. The molecular weight excluding hydrogens is 485 g/mol. The maximum atomic E-state index is 11.7. The van der Waals surface area contributed by atoms with Crippen molar-refractivity contribution in [1.82, 2.24) is 21.3 Å². The Kier molecular flexibility index (Phi) is 13.0. The minimum Gasteiger partial charge on any atom is -0.444 e. The van der Waals surface area contributed by atoms with Crippen LogP contribution < -0.4 is 21.3 Å². The Morgan fingerprint density at radius 2 is 1.79 bits per heavy atom. The highest BCUT2D eigenvalue weighted by molar-refractivity contribution is 14.0. The Balaban J connectivity index is 0.00000784. The first kappa shape index (κ1) is 27.0. The SMILES string of the molecule is CCNC(=NCCc1cccc(C(=O)NC)c1)NCCNC(=O)OC(C)(C)C.I. The Bertz CT molecular complexity index is 674. The topological polar surface area (TPSA) is 104 Å². The Morgan fingerprint density at radius 3 is 2.41 bits per heavy atom. The van der Waals surface area contributed by atoms with Gasteiger partial charge >= 0.3 is 6.09 Å². The average molecular weight is 519 g/mol. The lowest BCUT2D eigenvalue weighted by molar-refractivity contribution is 0.0528. The van der Waals surface area contributed by atoms with E-state index in [0.717, 1.165) is 18.5 Å². The standard InChI is InChI=1S/C20H33N5O3.HI/c1-6-22-18(24-12-13-25-19(27)28-20(2,3)4)23-11-10-15-8-7-9-16(14-15)17(26)21-5;/h7-9,14H,6,10-13H2,1-5H3,(H,21,26)(H,25,27)(H2,22,23,24);1H. The summed E-state index contributed by atoms with van der Waals surface area (Å²) in [5.74, 6) is 0.578. The molecule has 2 amide bonds. The van der Waals surface area contributed by atoms with Gasteiger partial charge in [-0.15, -0.1) is 24.0 Å². The van der Waals surface area contributed by atoms with Crippen LogP contribution in [0.25, 0.3) is 0 Å². The first-order valence-corrected chi connectivity index (χ1v) is 9.55. The second kappa shape index (κ2) is 14.0. The van der Waals surface area contributed by atoms with Crippen molar-refractivity contribution < 1.29 is 14.3 Å². The van der Waals surface area contributed by atoms with Crippen molar-refractivity contribution in [2.45, 2.75) is 39.7 Å². The summed E-state index contributed by atoms with van der Waals surface area (Å²) in [4.78, 5) is 27.9. The predicted octanol–water partition coefficient (Wildman–Crippen LogP) is 2.29. The van der Waals surface area contributed by atoms with E-state index in [-0.39, 0.29) is 29.9 Å². The summed E-state index contributed by atoms with van der Waals surface area (Å²) in [5, 5.41) is 11.7. The Labute approximate surface area is 190 Å². The van der Waals surface area contributed by atoms with Gasteiger partial charge in [-0.3, -0.25) is 9.79 Å². The number of hydrogen-bond acceptors (Lipinski definition) is 4. The van der Waals surface area contributed by atoms with Crippen LogP contribution in [0.15, 0.2) is 29.3 Å². The van der Waals surface area contributed by atoms with Gasteiger partial charge in [0.25, 0.3) is 5.91 Å². The van der Waals surface area contributed by atoms with Crippen molar-refractivity contribution in [2.75, 3.05) is 33.2 Å². The molecule has 1 aromatic carbocycles. The van der Waals surface area contributed by atoms with E-state index in [0.29, 0.717) is 31.2 Å². The number of amides is 2. The summed E-state index contributed by atoms with van der Waals surface area (Å²) in [5.41, 5.74) is 1.18. The molecule has 9 heteroatoms. The number of guanidine groups is 1. The summed E-state index contributed by atoms with van der Waals surface area (Å²) in [6.45, 7) is 9.72. The Morgan fingerprint density at radius 1 is 1.10 bits per heavy atom. The van der Waals surface area contributed by atoms with Crippen LogP contribution in [0.5, 0.6) is 0 Å². The lowest BCUT2D eigenvalue weighted by Gasteiger charge is -2.19. The summed E-state index contributed by atoms with van der Waals surface area (Å²) in [6.07, 6.45) is 0.282. The van der Waals surface area contributed by atoms with E-state index in [1.165, 1.54) is 0 Å². The molecule has 0 bridgehead atoms. The van der Waals surface area contributed by atoms with Crippen molar-refractivity contribution >= 4 is 41.9 Å². The molecule has 0 saturated heterocycles. The molecule has 0 spiro atoms. The second-order valence-electron chi connectivity index (χ2n) is 7.15. The molecule has 0 aliphatic carbocycles. The van der Waals surface area contributed by atoms with Gasteiger partial charge in [-0.25, -0.2) is 4.79 Å². The number of benzene rings is 1. The summed E-state index contributed by atoms with van der Waals surface area (Å²) in [6, 6.07) is 7.51. The van der Waals surface area contributed by atoms with Crippen molar-refractivity contribution in [3.63, 3.8) is 0 Å². The van der Waals surface area contributed by atoms with Crippen LogP contribution >= 0.6 is 24.0 Å². The van der Waals surface area contributed by atoms with E-state index >= 15 is 0 Å². The molecule has 0 fully saturated rings. The van der Waals surface area contributed by atoms with Gasteiger partial charge in [0.2, 0.25) is 0 Å². The number of halogens is 1. The van der Waals surface area contributed by atoms with Gasteiger partial charge in [-0.1, -0.05) is 12.1 Å². The fourth-order valence-electron chi connectivity index (χ4n) is 2.31. The predicted molar refractivity (Wildman–Crippen MR) is 127 cm³/mol. The third-order valence-corrected chi connectivity index (χ3v) is 3.52. The van der Waals surface area contributed by atoms with Crippen LogP contribution in [-0.2, 0) is 11.2 Å². The van der Waals surface area contributed by atoms with Crippen LogP contribution in [-0.4, -0.2) is 56.8 Å². The number of carbonyl (C=O) groups excluding carboxylic acids is 2. The highest BCUT2D eigenvalue weighted by atomic mass is 127. The monoisotopic (exact) mass is 519 g/mol. The number of alkyl carbamates (subject to hydrolysis) is 1. The van der Waals surface area contributed by atoms with Gasteiger partial charge in [0, 0.05) is 38.8 Å². The van der Waals surface area contributed by atoms with Gasteiger partial charge in [0.05, 0.1) is 0 Å². The largest absolute Gasteiger partial charge is 0.444 e. The van der Waals surface area contributed by atoms with E-state index in [4.69, 9.17) is 4.74 Å². The molecule has 0 unspecified atom stereocenters. The molecule has 8 nitrogen and oxygen atoms in total. The highest BCUT2D eigenvalue weighted by Crippen LogP contribution is 2.07. The number of ether oxygens (including phenoxy) is 1. The molecule has 0 saturated carbocycles. The highest BCUT2D eigenvalue weighted by Gasteiger charge is 2.15. The Hall–Kier alpha value is -2.04. The molecule has 164 valence electrons. The number of nitrogens with zero attached hydrogens (tertiary/aromatic N) is 1. The molecule has 0 aliphatic rings. The molecule has 1 aromatic rings. The minimum absolute atomic E-state index is 0. The number of carbonyl (C=O) groups is 2. The normalized spacial score (nSPS) is 11.1. The lowest BCUT2D eigenvalue weighted by Crippen LogP contribution is -2.42. The number of aliphatic imine (C=N–C) groups is 1. The summed E-state index contributed by atoms with van der Waals surface area (Å²) in [7, 11) is 1.62. The molecule has 0 radical (unpaired) electrons. The van der Waals surface area contributed by atoms with Crippen LogP contribution in [0.2, 0.25) is 0 Å². The zero-order valence-electron chi connectivity index (χ0n) is 17.9. The lowest BCUT2D eigenvalue weighted by atomic mass is 10.1. The van der Waals surface area contributed by atoms with Gasteiger partial charge in [0.15, 0.2) is 5.96 Å². The van der Waals surface area contributed by atoms with E-state index in [1.807, 2.05) is 45.9 Å². The first-order valence-electron chi connectivity index (χ1n) is 9.55. The third kappa shape index (κ3) is 12.2. The molecular formula is C20H34IN5O3. The maximum Gasteiger partial charge on any atom is 0.407 e. The van der Waals surface area contributed by atoms with E-state index < -0.39 is 11.7 Å². The quantitative estimate of drug-likeness (QED) is 0.183. The third-order valence-electron chi connectivity index (χ3n) is 3.52. The van der Waals surface area contributed by atoms with Crippen LogP contribution in [0.1, 0.15) is 43.6 Å². The first-order chi connectivity index (χ1) is 13.2.